The molecule has 2 rings (SSSR count). The molecule has 0 bridgehead atoms. The van der Waals surface area contributed by atoms with E-state index >= 15 is 0 Å². The number of allylic oxidation sites excluding steroid dienone is 2. The summed E-state index contributed by atoms with van der Waals surface area (Å²) in [6.45, 7) is 2.46. The standard InChI is InChI=1S/C18H21ClN2O4/c1-2-9-20-16(22)14-8-7-11(19)10-15(14)21-17(23)12-5-3-4-6-13(12)18(24)25/h3-4,7-8,10,12-13H,2,5-6,9H2,1H3,(H,20,22)(H,21,23)(H,24,25)/t12-,13+/m0/s1. The summed E-state index contributed by atoms with van der Waals surface area (Å²) >= 11 is 5.99. The summed E-state index contributed by atoms with van der Waals surface area (Å²) in [4.78, 5) is 36.2. The van der Waals surface area contributed by atoms with E-state index in [4.69, 9.17) is 11.6 Å². The lowest BCUT2D eigenvalue weighted by molar-refractivity contribution is -0.146. The topological polar surface area (TPSA) is 95.5 Å². The van der Waals surface area contributed by atoms with Crippen molar-refractivity contribution < 1.29 is 19.5 Å². The Morgan fingerprint density at radius 3 is 2.52 bits per heavy atom. The predicted octanol–water partition coefficient (Wildman–Crippen LogP) is 3.09. The molecule has 0 fully saturated rings. The molecule has 1 aromatic rings. The first-order chi connectivity index (χ1) is 11.9. The quantitative estimate of drug-likeness (QED) is 0.676. The van der Waals surface area contributed by atoms with E-state index in [0.29, 0.717) is 30.0 Å². The van der Waals surface area contributed by atoms with Crippen LogP contribution >= 0.6 is 11.6 Å². The second-order valence-corrected chi connectivity index (χ2v) is 6.37. The maximum absolute atomic E-state index is 12.6. The van der Waals surface area contributed by atoms with E-state index in [-0.39, 0.29) is 11.6 Å². The molecule has 0 saturated carbocycles. The van der Waals surface area contributed by atoms with Gasteiger partial charge < -0.3 is 15.7 Å². The zero-order valence-electron chi connectivity index (χ0n) is 13.9. The second-order valence-electron chi connectivity index (χ2n) is 5.93. The van der Waals surface area contributed by atoms with Crippen molar-refractivity contribution in [3.63, 3.8) is 0 Å². The van der Waals surface area contributed by atoms with Gasteiger partial charge in [-0.05, 0) is 37.5 Å². The summed E-state index contributed by atoms with van der Waals surface area (Å²) in [5, 5.41) is 15.1. The first-order valence-electron chi connectivity index (χ1n) is 8.20. The van der Waals surface area contributed by atoms with Gasteiger partial charge in [0.05, 0.1) is 23.1 Å². The Hall–Kier alpha value is -2.34. The zero-order chi connectivity index (χ0) is 18.4. The lowest BCUT2D eigenvalue weighted by Gasteiger charge is -2.24. The Bertz CT molecular complexity index is 702. The number of halogens is 1. The fourth-order valence-corrected chi connectivity index (χ4v) is 2.93. The first-order valence-corrected chi connectivity index (χ1v) is 8.58. The van der Waals surface area contributed by atoms with Gasteiger partial charge in [0.1, 0.15) is 0 Å². The molecule has 0 spiro atoms. The van der Waals surface area contributed by atoms with E-state index in [1.807, 2.05) is 6.92 Å². The average Bonchev–Trinajstić information content (AvgIpc) is 2.59. The summed E-state index contributed by atoms with van der Waals surface area (Å²) in [6, 6.07) is 4.61. The molecule has 1 aromatic carbocycles. The molecule has 0 radical (unpaired) electrons. The highest BCUT2D eigenvalue weighted by molar-refractivity contribution is 6.31. The van der Waals surface area contributed by atoms with E-state index in [1.165, 1.54) is 6.07 Å². The normalized spacial score (nSPS) is 19.3. The smallest absolute Gasteiger partial charge is 0.307 e. The SMILES string of the molecule is CCCNC(=O)c1ccc(Cl)cc1NC(=O)[C@H]1CC=CC[C@H]1C(=O)O. The number of benzene rings is 1. The second kappa shape index (κ2) is 8.67. The van der Waals surface area contributed by atoms with Crippen LogP contribution in [0.2, 0.25) is 5.02 Å². The number of hydrogen-bond donors (Lipinski definition) is 3. The molecule has 3 N–H and O–H groups in total. The van der Waals surface area contributed by atoms with Gasteiger partial charge in [0, 0.05) is 11.6 Å². The summed E-state index contributed by atoms with van der Waals surface area (Å²) in [5.74, 6) is -3.21. The zero-order valence-corrected chi connectivity index (χ0v) is 14.7. The molecular weight excluding hydrogens is 344 g/mol. The highest BCUT2D eigenvalue weighted by Gasteiger charge is 2.34. The third-order valence-electron chi connectivity index (χ3n) is 4.11. The Morgan fingerprint density at radius 2 is 1.88 bits per heavy atom. The third-order valence-corrected chi connectivity index (χ3v) is 4.34. The van der Waals surface area contributed by atoms with Gasteiger partial charge in [-0.2, -0.15) is 0 Å². The van der Waals surface area contributed by atoms with E-state index in [0.717, 1.165) is 6.42 Å². The van der Waals surface area contributed by atoms with Gasteiger partial charge in [-0.15, -0.1) is 0 Å². The number of carboxylic acids is 1. The maximum atomic E-state index is 12.6. The van der Waals surface area contributed by atoms with E-state index < -0.39 is 23.7 Å². The highest BCUT2D eigenvalue weighted by atomic mass is 35.5. The van der Waals surface area contributed by atoms with Crippen LogP contribution < -0.4 is 10.6 Å². The summed E-state index contributed by atoms with van der Waals surface area (Å²) < 4.78 is 0. The molecule has 2 amide bonds. The van der Waals surface area contributed by atoms with Crippen molar-refractivity contribution in [3.8, 4) is 0 Å². The van der Waals surface area contributed by atoms with Crippen LogP contribution in [0.25, 0.3) is 0 Å². The Morgan fingerprint density at radius 1 is 1.20 bits per heavy atom. The molecule has 0 heterocycles. The van der Waals surface area contributed by atoms with Gasteiger partial charge in [0.2, 0.25) is 5.91 Å². The molecule has 1 aliphatic carbocycles. The minimum atomic E-state index is -1.00. The van der Waals surface area contributed by atoms with Crippen LogP contribution in [0.4, 0.5) is 5.69 Å². The van der Waals surface area contributed by atoms with Gasteiger partial charge in [-0.25, -0.2) is 0 Å². The molecule has 0 aliphatic heterocycles. The van der Waals surface area contributed by atoms with Crippen LogP contribution in [0.15, 0.2) is 30.4 Å². The highest BCUT2D eigenvalue weighted by Crippen LogP contribution is 2.28. The van der Waals surface area contributed by atoms with E-state index in [2.05, 4.69) is 10.6 Å². The Labute approximate surface area is 151 Å². The van der Waals surface area contributed by atoms with Crippen molar-refractivity contribution in [2.75, 3.05) is 11.9 Å². The van der Waals surface area contributed by atoms with E-state index in [1.54, 1.807) is 24.3 Å². The van der Waals surface area contributed by atoms with Crippen molar-refractivity contribution in [1.82, 2.24) is 5.32 Å². The number of carbonyl (C=O) groups excluding carboxylic acids is 2. The molecule has 0 aromatic heterocycles. The lowest BCUT2D eigenvalue weighted by Crippen LogP contribution is -2.35. The minimum absolute atomic E-state index is 0.282. The van der Waals surface area contributed by atoms with Crippen LogP contribution in [-0.4, -0.2) is 29.4 Å². The van der Waals surface area contributed by atoms with Crippen LogP contribution in [-0.2, 0) is 9.59 Å². The van der Waals surface area contributed by atoms with Crippen molar-refractivity contribution in [3.05, 3.63) is 40.9 Å². The third kappa shape index (κ3) is 4.82. The molecule has 7 heteroatoms. The fourth-order valence-electron chi connectivity index (χ4n) is 2.75. The largest absolute Gasteiger partial charge is 0.481 e. The van der Waals surface area contributed by atoms with Gasteiger partial charge in [-0.1, -0.05) is 30.7 Å². The fraction of sp³-hybridized carbons (Fsp3) is 0.389. The van der Waals surface area contributed by atoms with Gasteiger partial charge >= 0.3 is 5.97 Å². The number of anilines is 1. The minimum Gasteiger partial charge on any atom is -0.481 e. The number of amides is 2. The summed E-state index contributed by atoms with van der Waals surface area (Å²) in [5.41, 5.74) is 0.578. The molecule has 25 heavy (non-hydrogen) atoms. The van der Waals surface area contributed by atoms with Crippen LogP contribution in [0.3, 0.4) is 0 Å². The Balaban J connectivity index is 2.22. The van der Waals surface area contributed by atoms with Gasteiger partial charge in [-0.3, -0.25) is 14.4 Å². The van der Waals surface area contributed by atoms with Gasteiger partial charge in [0.25, 0.3) is 5.91 Å². The number of aliphatic carboxylic acids is 1. The van der Waals surface area contributed by atoms with Crippen LogP contribution in [0, 0.1) is 11.8 Å². The Kier molecular flexibility index (Phi) is 6.58. The monoisotopic (exact) mass is 364 g/mol. The number of carbonyl (C=O) groups is 3. The summed E-state index contributed by atoms with van der Waals surface area (Å²) in [6.07, 6.45) is 5.02. The van der Waals surface area contributed by atoms with E-state index in [9.17, 15) is 19.5 Å². The molecular formula is C18H21ClN2O4. The van der Waals surface area contributed by atoms with Crippen LogP contribution in [0.1, 0.15) is 36.5 Å². The molecule has 0 saturated heterocycles. The van der Waals surface area contributed by atoms with Crippen molar-refractivity contribution in [1.29, 1.82) is 0 Å². The molecule has 0 unspecified atom stereocenters. The molecule has 1 aliphatic rings. The number of nitrogens with one attached hydrogen (secondary N) is 2. The van der Waals surface area contributed by atoms with Crippen LogP contribution in [0.5, 0.6) is 0 Å². The number of carboxylic acid groups (broad SMARTS) is 1. The number of rotatable bonds is 6. The maximum Gasteiger partial charge on any atom is 0.307 e. The lowest BCUT2D eigenvalue weighted by atomic mass is 9.82. The number of hydrogen-bond acceptors (Lipinski definition) is 3. The molecule has 6 nitrogen and oxygen atoms in total. The molecule has 134 valence electrons. The van der Waals surface area contributed by atoms with Crippen molar-refractivity contribution >= 4 is 35.1 Å². The first kappa shape index (κ1) is 19.0. The molecule has 2 atom stereocenters. The summed E-state index contributed by atoms with van der Waals surface area (Å²) in [7, 11) is 0. The van der Waals surface area contributed by atoms with Gasteiger partial charge in [0.15, 0.2) is 0 Å². The predicted molar refractivity (Wildman–Crippen MR) is 95.7 cm³/mol. The van der Waals surface area contributed by atoms with Crippen molar-refractivity contribution in [2.45, 2.75) is 26.2 Å². The average molecular weight is 365 g/mol. The van der Waals surface area contributed by atoms with Crippen molar-refractivity contribution in [2.24, 2.45) is 11.8 Å².